The molecule has 0 saturated carbocycles. The zero-order valence-corrected chi connectivity index (χ0v) is 11.2. The van der Waals surface area contributed by atoms with Crippen molar-refractivity contribution in [2.75, 3.05) is 13.7 Å². The highest BCUT2D eigenvalue weighted by atomic mass is 16.5. The minimum absolute atomic E-state index is 0.400. The molecule has 0 spiro atoms. The van der Waals surface area contributed by atoms with Crippen molar-refractivity contribution in [3.05, 3.63) is 65.7 Å². The Morgan fingerprint density at radius 3 is 2.65 bits per heavy atom. The standard InChI is InChI=1S/C17H15NO2/c1-19-16-10-9-15(13-18)17(12-16)20-11-5-8-14-6-3-2-4-7-14/h2-10,12H,11H2,1H3/b8-5+. The van der Waals surface area contributed by atoms with E-state index in [2.05, 4.69) is 6.07 Å². The number of rotatable bonds is 5. The average molecular weight is 265 g/mol. The van der Waals surface area contributed by atoms with E-state index in [4.69, 9.17) is 14.7 Å². The summed E-state index contributed by atoms with van der Waals surface area (Å²) < 4.78 is 10.7. The Hall–Kier alpha value is -2.73. The molecular weight excluding hydrogens is 250 g/mol. The highest BCUT2D eigenvalue weighted by Gasteiger charge is 2.04. The van der Waals surface area contributed by atoms with Crippen molar-refractivity contribution in [1.82, 2.24) is 0 Å². The van der Waals surface area contributed by atoms with Crippen LogP contribution in [-0.4, -0.2) is 13.7 Å². The summed E-state index contributed by atoms with van der Waals surface area (Å²) >= 11 is 0. The molecule has 2 aromatic carbocycles. The number of nitrogens with zero attached hydrogens (tertiary/aromatic N) is 1. The van der Waals surface area contributed by atoms with Gasteiger partial charge in [0.1, 0.15) is 24.2 Å². The maximum absolute atomic E-state index is 9.03. The fraction of sp³-hybridized carbons (Fsp3) is 0.118. The van der Waals surface area contributed by atoms with Gasteiger partial charge < -0.3 is 9.47 Å². The van der Waals surface area contributed by atoms with Crippen LogP contribution in [0.1, 0.15) is 11.1 Å². The maximum Gasteiger partial charge on any atom is 0.141 e. The molecule has 0 aliphatic rings. The predicted octanol–water partition coefficient (Wildman–Crippen LogP) is 3.66. The fourth-order valence-corrected chi connectivity index (χ4v) is 1.73. The summed E-state index contributed by atoms with van der Waals surface area (Å²) in [5.74, 6) is 1.20. The van der Waals surface area contributed by atoms with Crippen molar-refractivity contribution < 1.29 is 9.47 Å². The molecule has 0 amide bonds. The van der Waals surface area contributed by atoms with Crippen LogP contribution < -0.4 is 9.47 Å². The first-order valence-corrected chi connectivity index (χ1v) is 6.26. The van der Waals surface area contributed by atoms with E-state index in [0.717, 1.165) is 5.56 Å². The first-order valence-electron chi connectivity index (χ1n) is 6.26. The average Bonchev–Trinajstić information content (AvgIpc) is 2.52. The summed E-state index contributed by atoms with van der Waals surface area (Å²) in [6.45, 7) is 0.400. The monoisotopic (exact) mass is 265 g/mol. The van der Waals surface area contributed by atoms with Crippen LogP contribution in [0.4, 0.5) is 0 Å². The highest BCUT2D eigenvalue weighted by molar-refractivity contribution is 5.50. The summed E-state index contributed by atoms with van der Waals surface area (Å²) in [5.41, 5.74) is 1.61. The smallest absolute Gasteiger partial charge is 0.141 e. The van der Waals surface area contributed by atoms with E-state index in [0.29, 0.717) is 23.7 Å². The summed E-state index contributed by atoms with van der Waals surface area (Å²) in [6, 6.07) is 17.2. The normalized spacial score (nSPS) is 10.2. The first-order chi connectivity index (χ1) is 9.83. The molecule has 0 bridgehead atoms. The molecule has 0 saturated heterocycles. The van der Waals surface area contributed by atoms with Gasteiger partial charge in [-0.3, -0.25) is 0 Å². The zero-order valence-electron chi connectivity index (χ0n) is 11.2. The third-order valence-electron chi connectivity index (χ3n) is 2.75. The Morgan fingerprint density at radius 2 is 1.95 bits per heavy atom. The van der Waals surface area contributed by atoms with Gasteiger partial charge in [-0.05, 0) is 23.8 Å². The second kappa shape index (κ2) is 7.01. The van der Waals surface area contributed by atoms with Gasteiger partial charge in [-0.2, -0.15) is 5.26 Å². The molecule has 100 valence electrons. The molecule has 0 aromatic heterocycles. The van der Waals surface area contributed by atoms with Crippen LogP contribution in [0.25, 0.3) is 6.08 Å². The number of nitriles is 1. The number of ether oxygens (including phenoxy) is 2. The molecule has 0 radical (unpaired) electrons. The van der Waals surface area contributed by atoms with Gasteiger partial charge >= 0.3 is 0 Å². The molecule has 2 rings (SSSR count). The largest absolute Gasteiger partial charge is 0.497 e. The van der Waals surface area contributed by atoms with Crippen molar-refractivity contribution in [1.29, 1.82) is 5.26 Å². The molecule has 0 unspecified atom stereocenters. The van der Waals surface area contributed by atoms with Gasteiger partial charge in [-0.15, -0.1) is 0 Å². The number of hydrogen-bond acceptors (Lipinski definition) is 3. The van der Waals surface area contributed by atoms with Crippen molar-refractivity contribution in [3.8, 4) is 17.6 Å². The van der Waals surface area contributed by atoms with Crippen molar-refractivity contribution in [2.45, 2.75) is 0 Å². The van der Waals surface area contributed by atoms with Crippen LogP contribution >= 0.6 is 0 Å². The Kier molecular flexibility index (Phi) is 4.80. The first kappa shape index (κ1) is 13.7. The lowest BCUT2D eigenvalue weighted by Crippen LogP contribution is -1.96. The minimum Gasteiger partial charge on any atom is -0.497 e. The van der Waals surface area contributed by atoms with E-state index < -0.39 is 0 Å². The van der Waals surface area contributed by atoms with Gasteiger partial charge in [0.25, 0.3) is 0 Å². The van der Waals surface area contributed by atoms with E-state index in [1.165, 1.54) is 0 Å². The third-order valence-corrected chi connectivity index (χ3v) is 2.75. The van der Waals surface area contributed by atoms with Gasteiger partial charge in [0.05, 0.1) is 12.7 Å². The topological polar surface area (TPSA) is 42.2 Å². The van der Waals surface area contributed by atoms with Gasteiger partial charge in [-0.1, -0.05) is 36.4 Å². The molecule has 2 aromatic rings. The predicted molar refractivity (Wildman–Crippen MR) is 78.7 cm³/mol. The second-order valence-corrected chi connectivity index (χ2v) is 4.10. The molecular formula is C17H15NO2. The Balaban J connectivity index is 2.00. The zero-order chi connectivity index (χ0) is 14.2. The van der Waals surface area contributed by atoms with E-state index in [-0.39, 0.29) is 0 Å². The lowest BCUT2D eigenvalue weighted by molar-refractivity contribution is 0.356. The van der Waals surface area contributed by atoms with E-state index in [9.17, 15) is 0 Å². The van der Waals surface area contributed by atoms with Crippen LogP contribution in [0.15, 0.2) is 54.6 Å². The minimum atomic E-state index is 0.400. The van der Waals surface area contributed by atoms with Crippen LogP contribution in [0.2, 0.25) is 0 Å². The summed E-state index contributed by atoms with van der Waals surface area (Å²) in [5, 5.41) is 9.03. The maximum atomic E-state index is 9.03. The van der Waals surface area contributed by atoms with Crippen LogP contribution in [-0.2, 0) is 0 Å². The van der Waals surface area contributed by atoms with Crippen LogP contribution in [0.5, 0.6) is 11.5 Å². The van der Waals surface area contributed by atoms with E-state index in [1.54, 1.807) is 25.3 Å². The number of benzene rings is 2. The van der Waals surface area contributed by atoms with Crippen molar-refractivity contribution in [2.24, 2.45) is 0 Å². The second-order valence-electron chi connectivity index (χ2n) is 4.10. The van der Waals surface area contributed by atoms with Crippen LogP contribution in [0, 0.1) is 11.3 Å². The Morgan fingerprint density at radius 1 is 1.15 bits per heavy atom. The van der Waals surface area contributed by atoms with E-state index >= 15 is 0 Å². The Labute approximate surface area is 118 Å². The van der Waals surface area contributed by atoms with Gasteiger partial charge in [0.15, 0.2) is 0 Å². The highest BCUT2D eigenvalue weighted by Crippen LogP contribution is 2.24. The molecule has 0 atom stereocenters. The fourth-order valence-electron chi connectivity index (χ4n) is 1.73. The number of hydrogen-bond donors (Lipinski definition) is 0. The SMILES string of the molecule is COc1ccc(C#N)c(OC/C=C/c2ccccc2)c1. The molecule has 0 fully saturated rings. The van der Waals surface area contributed by atoms with Crippen molar-refractivity contribution in [3.63, 3.8) is 0 Å². The quantitative estimate of drug-likeness (QED) is 0.828. The summed E-state index contributed by atoms with van der Waals surface area (Å²) in [4.78, 5) is 0. The van der Waals surface area contributed by atoms with Gasteiger partial charge in [0, 0.05) is 6.07 Å². The summed E-state index contributed by atoms with van der Waals surface area (Å²) in [7, 11) is 1.58. The van der Waals surface area contributed by atoms with Gasteiger partial charge in [0.2, 0.25) is 0 Å². The molecule has 20 heavy (non-hydrogen) atoms. The molecule has 0 aliphatic carbocycles. The summed E-state index contributed by atoms with van der Waals surface area (Å²) in [6.07, 6.45) is 3.89. The Bertz CT molecular complexity index is 627. The number of methoxy groups -OCH3 is 1. The molecule has 0 aliphatic heterocycles. The van der Waals surface area contributed by atoms with Gasteiger partial charge in [-0.25, -0.2) is 0 Å². The van der Waals surface area contributed by atoms with Crippen LogP contribution in [0.3, 0.4) is 0 Å². The molecule has 0 N–H and O–H groups in total. The lowest BCUT2D eigenvalue weighted by atomic mass is 10.2. The van der Waals surface area contributed by atoms with E-state index in [1.807, 2.05) is 42.5 Å². The molecule has 3 nitrogen and oxygen atoms in total. The third kappa shape index (κ3) is 3.63. The molecule has 0 heterocycles. The van der Waals surface area contributed by atoms with Crippen molar-refractivity contribution >= 4 is 6.08 Å². The molecule has 3 heteroatoms. The lowest BCUT2D eigenvalue weighted by Gasteiger charge is -2.07.